The molecule has 0 N–H and O–H groups in total. The van der Waals surface area contributed by atoms with Crippen LogP contribution in [0.1, 0.15) is 69.6 Å². The maximum absolute atomic E-state index is 5.47. The molecule has 3 aromatic rings. The largest absolute Gasteiger partial charge is 0.382 e. The number of rotatable bonds is 9. The second-order valence-corrected chi connectivity index (χ2v) is 8.63. The number of ether oxygens (including phenoxy) is 1. The summed E-state index contributed by atoms with van der Waals surface area (Å²) in [4.78, 5) is 17.2. The first-order valence-electron chi connectivity index (χ1n) is 11.3. The molecule has 1 unspecified atom stereocenters. The van der Waals surface area contributed by atoms with Gasteiger partial charge in [0.05, 0.1) is 29.7 Å². The molecule has 0 aromatic carbocycles. The third-order valence-electron chi connectivity index (χ3n) is 5.60. The van der Waals surface area contributed by atoms with Crippen molar-refractivity contribution in [1.82, 2.24) is 24.7 Å². The van der Waals surface area contributed by atoms with Gasteiger partial charge in [0, 0.05) is 32.5 Å². The molecule has 7 heteroatoms. The lowest BCUT2D eigenvalue weighted by atomic mass is 10.0. The van der Waals surface area contributed by atoms with E-state index in [0.29, 0.717) is 12.5 Å². The fraction of sp³-hybridized carbons (Fsp3) is 0.583. The van der Waals surface area contributed by atoms with Gasteiger partial charge in [-0.3, -0.25) is 0 Å². The van der Waals surface area contributed by atoms with Crippen LogP contribution in [0.25, 0.3) is 22.4 Å². The predicted octanol–water partition coefficient (Wildman–Crippen LogP) is 4.94. The number of aromatic nitrogens is 5. The van der Waals surface area contributed by atoms with Crippen molar-refractivity contribution in [2.75, 3.05) is 32.7 Å². The molecule has 0 amide bonds. The second-order valence-electron chi connectivity index (χ2n) is 8.63. The highest BCUT2D eigenvalue weighted by Gasteiger charge is 2.23. The van der Waals surface area contributed by atoms with Crippen LogP contribution in [0.5, 0.6) is 0 Å². The van der Waals surface area contributed by atoms with E-state index in [9.17, 15) is 0 Å². The van der Waals surface area contributed by atoms with Gasteiger partial charge in [-0.2, -0.15) is 5.10 Å². The molecule has 0 spiro atoms. The van der Waals surface area contributed by atoms with Gasteiger partial charge in [0.1, 0.15) is 11.3 Å². The molecular formula is C24H36N6O. The van der Waals surface area contributed by atoms with Crippen LogP contribution < -0.4 is 4.90 Å². The van der Waals surface area contributed by atoms with E-state index in [1.54, 1.807) is 7.11 Å². The molecule has 7 nitrogen and oxygen atoms in total. The van der Waals surface area contributed by atoms with Crippen molar-refractivity contribution >= 4 is 17.0 Å². The fourth-order valence-corrected chi connectivity index (χ4v) is 3.95. The van der Waals surface area contributed by atoms with Crippen LogP contribution >= 0.6 is 0 Å². The van der Waals surface area contributed by atoms with Crippen LogP contribution in [-0.4, -0.2) is 52.5 Å². The number of hydrogen-bond donors (Lipinski definition) is 0. The van der Waals surface area contributed by atoms with Gasteiger partial charge in [-0.15, -0.1) is 0 Å². The van der Waals surface area contributed by atoms with E-state index < -0.39 is 0 Å². The van der Waals surface area contributed by atoms with E-state index >= 15 is 0 Å². The van der Waals surface area contributed by atoms with Gasteiger partial charge in [-0.1, -0.05) is 34.1 Å². The molecular weight excluding hydrogens is 388 g/mol. The normalized spacial score (nSPS) is 12.7. The van der Waals surface area contributed by atoms with Crippen molar-refractivity contribution in [2.24, 2.45) is 0 Å². The SMILES string of the molecule is CCCC(COC)n1nc(C)c2nc(-c3ccc(C(C)C)nc3N(C)C)c(CC)nc21. The van der Waals surface area contributed by atoms with Crippen LogP contribution in [0, 0.1) is 6.92 Å². The van der Waals surface area contributed by atoms with Gasteiger partial charge < -0.3 is 9.64 Å². The Balaban J connectivity index is 2.23. The highest BCUT2D eigenvalue weighted by molar-refractivity contribution is 5.82. The van der Waals surface area contributed by atoms with Gasteiger partial charge in [-0.25, -0.2) is 19.6 Å². The molecule has 0 radical (unpaired) electrons. The Bertz CT molecular complexity index is 1030. The molecule has 168 valence electrons. The summed E-state index contributed by atoms with van der Waals surface area (Å²) in [5, 5.41) is 4.82. The standard InChI is InChI=1S/C24H36N6O/c1-9-11-17(14-31-8)30-24-21(16(5)28-30)27-22(19(10-2)25-24)18-12-13-20(15(3)4)26-23(18)29(6)7/h12-13,15,17H,9-11,14H2,1-8H3. The monoisotopic (exact) mass is 424 g/mol. The van der Waals surface area contributed by atoms with E-state index in [-0.39, 0.29) is 6.04 Å². The Morgan fingerprint density at radius 3 is 2.42 bits per heavy atom. The number of anilines is 1. The predicted molar refractivity (Wildman–Crippen MR) is 127 cm³/mol. The number of aryl methyl sites for hydroxylation is 2. The Morgan fingerprint density at radius 1 is 1.10 bits per heavy atom. The van der Waals surface area contributed by atoms with Crippen LogP contribution in [0.2, 0.25) is 0 Å². The zero-order valence-electron chi connectivity index (χ0n) is 20.2. The first-order chi connectivity index (χ1) is 14.8. The summed E-state index contributed by atoms with van der Waals surface area (Å²) >= 11 is 0. The lowest BCUT2D eigenvalue weighted by Crippen LogP contribution is -2.17. The quantitative estimate of drug-likeness (QED) is 0.485. The Kier molecular flexibility index (Phi) is 7.26. The van der Waals surface area contributed by atoms with E-state index in [1.165, 1.54) is 0 Å². The summed E-state index contributed by atoms with van der Waals surface area (Å²) in [6, 6.07) is 4.39. The summed E-state index contributed by atoms with van der Waals surface area (Å²) in [6.07, 6.45) is 2.82. The second kappa shape index (κ2) is 9.73. The van der Waals surface area contributed by atoms with E-state index in [2.05, 4.69) is 44.7 Å². The average Bonchev–Trinajstić information content (AvgIpc) is 3.07. The minimum absolute atomic E-state index is 0.153. The summed E-state index contributed by atoms with van der Waals surface area (Å²) in [6.45, 7) is 11.2. The molecule has 3 heterocycles. The number of hydrogen-bond acceptors (Lipinski definition) is 6. The topological polar surface area (TPSA) is 69.0 Å². The van der Waals surface area contributed by atoms with Crippen molar-refractivity contribution in [3.8, 4) is 11.3 Å². The van der Waals surface area contributed by atoms with Gasteiger partial charge in [-0.05, 0) is 37.8 Å². The summed E-state index contributed by atoms with van der Waals surface area (Å²) in [5.74, 6) is 1.28. The van der Waals surface area contributed by atoms with Gasteiger partial charge in [0.15, 0.2) is 5.65 Å². The van der Waals surface area contributed by atoms with Gasteiger partial charge >= 0.3 is 0 Å². The number of methoxy groups -OCH3 is 1. The van der Waals surface area contributed by atoms with Crippen LogP contribution in [-0.2, 0) is 11.2 Å². The van der Waals surface area contributed by atoms with Crippen molar-refractivity contribution in [1.29, 1.82) is 0 Å². The number of pyridine rings is 1. The maximum atomic E-state index is 5.47. The lowest BCUT2D eigenvalue weighted by Gasteiger charge is -2.20. The van der Waals surface area contributed by atoms with Gasteiger partial charge in [0.25, 0.3) is 0 Å². The zero-order valence-corrected chi connectivity index (χ0v) is 20.2. The van der Waals surface area contributed by atoms with Crippen molar-refractivity contribution in [2.45, 2.75) is 65.8 Å². The van der Waals surface area contributed by atoms with Crippen LogP contribution in [0.4, 0.5) is 5.82 Å². The third kappa shape index (κ3) is 4.56. The molecule has 0 saturated carbocycles. The Labute approximate surface area is 185 Å². The van der Waals surface area contributed by atoms with E-state index in [0.717, 1.165) is 64.6 Å². The van der Waals surface area contributed by atoms with Crippen molar-refractivity contribution < 1.29 is 4.74 Å². The minimum atomic E-state index is 0.153. The molecule has 0 aliphatic rings. The summed E-state index contributed by atoms with van der Waals surface area (Å²) in [5.41, 5.74) is 6.52. The molecule has 3 aromatic heterocycles. The highest BCUT2D eigenvalue weighted by Crippen LogP contribution is 2.33. The smallest absolute Gasteiger partial charge is 0.177 e. The first-order valence-corrected chi connectivity index (χ1v) is 11.3. The molecule has 0 saturated heterocycles. The number of nitrogens with zero attached hydrogens (tertiary/aromatic N) is 6. The maximum Gasteiger partial charge on any atom is 0.177 e. The Morgan fingerprint density at radius 2 is 1.84 bits per heavy atom. The lowest BCUT2D eigenvalue weighted by molar-refractivity contribution is 0.146. The molecule has 3 rings (SSSR count). The molecule has 0 fully saturated rings. The molecule has 0 aliphatic carbocycles. The molecule has 31 heavy (non-hydrogen) atoms. The van der Waals surface area contributed by atoms with Gasteiger partial charge in [0.2, 0.25) is 0 Å². The molecule has 1 atom stereocenters. The summed E-state index contributed by atoms with van der Waals surface area (Å²) < 4.78 is 7.48. The highest BCUT2D eigenvalue weighted by atomic mass is 16.5. The van der Waals surface area contributed by atoms with Crippen LogP contribution in [0.3, 0.4) is 0 Å². The minimum Gasteiger partial charge on any atom is -0.382 e. The Hall–Kier alpha value is -2.54. The van der Waals surface area contributed by atoms with Crippen LogP contribution in [0.15, 0.2) is 12.1 Å². The van der Waals surface area contributed by atoms with E-state index in [1.807, 2.05) is 25.7 Å². The molecule has 0 aliphatic heterocycles. The van der Waals surface area contributed by atoms with Crippen molar-refractivity contribution in [3.05, 3.63) is 29.2 Å². The third-order valence-corrected chi connectivity index (χ3v) is 5.60. The number of fused-ring (bicyclic) bond motifs is 1. The zero-order chi connectivity index (χ0) is 22.7. The average molecular weight is 425 g/mol. The van der Waals surface area contributed by atoms with E-state index in [4.69, 9.17) is 24.8 Å². The molecule has 0 bridgehead atoms. The summed E-state index contributed by atoms with van der Waals surface area (Å²) in [7, 11) is 5.78. The first kappa shape index (κ1) is 23.1. The van der Waals surface area contributed by atoms with Crippen molar-refractivity contribution in [3.63, 3.8) is 0 Å². The fourth-order valence-electron chi connectivity index (χ4n) is 3.95.